The molecule has 0 radical (unpaired) electrons. The lowest BCUT2D eigenvalue weighted by molar-refractivity contribution is 0.219. The van der Waals surface area contributed by atoms with Crippen molar-refractivity contribution in [3.8, 4) is 5.75 Å². The lowest BCUT2D eigenvalue weighted by Gasteiger charge is -2.14. The second-order valence-electron chi connectivity index (χ2n) is 6.36. The van der Waals surface area contributed by atoms with Crippen LogP contribution < -0.4 is 4.74 Å². The predicted octanol–water partition coefficient (Wildman–Crippen LogP) is 5.50. The van der Waals surface area contributed by atoms with Gasteiger partial charge in [0.1, 0.15) is 18.5 Å². The SMILES string of the molecule is OC(c1cccc(OCc2ccccc2)c1)c1ccc2ccccc2c1. The third-order valence-electron chi connectivity index (χ3n) is 4.51. The maximum atomic E-state index is 10.8. The molecule has 1 N–H and O–H groups in total. The summed E-state index contributed by atoms with van der Waals surface area (Å²) in [4.78, 5) is 0. The second kappa shape index (κ2) is 7.42. The van der Waals surface area contributed by atoms with Gasteiger partial charge in [0.05, 0.1) is 0 Å². The summed E-state index contributed by atoms with van der Waals surface area (Å²) in [5.74, 6) is 0.756. The fraction of sp³-hybridized carbons (Fsp3) is 0.0833. The van der Waals surface area contributed by atoms with E-state index < -0.39 is 6.10 Å². The highest BCUT2D eigenvalue weighted by Crippen LogP contribution is 2.27. The van der Waals surface area contributed by atoms with E-state index in [1.54, 1.807) is 0 Å². The molecule has 1 unspecified atom stereocenters. The van der Waals surface area contributed by atoms with Crippen LogP contribution in [0.15, 0.2) is 97.1 Å². The first-order valence-corrected chi connectivity index (χ1v) is 8.73. The van der Waals surface area contributed by atoms with E-state index in [1.165, 1.54) is 5.39 Å². The summed E-state index contributed by atoms with van der Waals surface area (Å²) in [6, 6.07) is 31.9. The van der Waals surface area contributed by atoms with Crippen LogP contribution in [-0.2, 0) is 6.61 Å². The number of hydrogen-bond donors (Lipinski definition) is 1. The molecular formula is C24H20O2. The molecular weight excluding hydrogens is 320 g/mol. The number of aliphatic hydroxyl groups is 1. The predicted molar refractivity (Wildman–Crippen MR) is 105 cm³/mol. The van der Waals surface area contributed by atoms with Crippen LogP contribution in [0.25, 0.3) is 10.8 Å². The van der Waals surface area contributed by atoms with Gasteiger partial charge < -0.3 is 9.84 Å². The summed E-state index contributed by atoms with van der Waals surface area (Å²) >= 11 is 0. The standard InChI is InChI=1S/C24H20O2/c25-24(22-14-13-19-9-4-5-10-20(19)15-22)21-11-6-12-23(16-21)26-17-18-7-2-1-3-8-18/h1-16,24-25H,17H2. The molecule has 0 heterocycles. The molecule has 4 rings (SSSR count). The van der Waals surface area contributed by atoms with E-state index in [-0.39, 0.29) is 0 Å². The molecule has 0 amide bonds. The Morgan fingerprint density at radius 2 is 1.38 bits per heavy atom. The molecule has 0 saturated carbocycles. The molecule has 0 aliphatic heterocycles. The van der Waals surface area contributed by atoms with Gasteiger partial charge in [-0.25, -0.2) is 0 Å². The number of fused-ring (bicyclic) bond motifs is 1. The first kappa shape index (κ1) is 16.4. The molecule has 0 spiro atoms. The molecule has 0 aliphatic rings. The van der Waals surface area contributed by atoms with E-state index in [0.717, 1.165) is 27.8 Å². The minimum Gasteiger partial charge on any atom is -0.489 e. The summed E-state index contributed by atoms with van der Waals surface area (Å²) in [6.45, 7) is 0.510. The molecule has 1 atom stereocenters. The van der Waals surface area contributed by atoms with E-state index in [0.29, 0.717) is 6.61 Å². The average Bonchev–Trinajstić information content (AvgIpc) is 2.72. The number of aliphatic hydroxyl groups excluding tert-OH is 1. The van der Waals surface area contributed by atoms with Gasteiger partial charge in [0.15, 0.2) is 0 Å². The molecule has 0 aromatic heterocycles. The van der Waals surface area contributed by atoms with E-state index in [9.17, 15) is 5.11 Å². The highest BCUT2D eigenvalue weighted by atomic mass is 16.5. The van der Waals surface area contributed by atoms with Gasteiger partial charge in [-0.3, -0.25) is 0 Å². The van der Waals surface area contributed by atoms with Crippen molar-refractivity contribution in [1.82, 2.24) is 0 Å². The van der Waals surface area contributed by atoms with Crippen molar-refractivity contribution in [3.63, 3.8) is 0 Å². The number of rotatable bonds is 5. The van der Waals surface area contributed by atoms with Gasteiger partial charge in [-0.1, -0.05) is 78.9 Å². The zero-order valence-electron chi connectivity index (χ0n) is 14.4. The molecule has 4 aromatic rings. The third-order valence-corrected chi connectivity index (χ3v) is 4.51. The van der Waals surface area contributed by atoms with Gasteiger partial charge >= 0.3 is 0 Å². The number of benzene rings is 4. The molecule has 26 heavy (non-hydrogen) atoms. The van der Waals surface area contributed by atoms with Crippen LogP contribution in [0.4, 0.5) is 0 Å². The quantitative estimate of drug-likeness (QED) is 0.520. The lowest BCUT2D eigenvalue weighted by atomic mass is 9.98. The number of hydrogen-bond acceptors (Lipinski definition) is 2. The highest BCUT2D eigenvalue weighted by molar-refractivity contribution is 5.83. The van der Waals surface area contributed by atoms with Crippen molar-refractivity contribution >= 4 is 10.8 Å². The first-order chi connectivity index (χ1) is 12.8. The van der Waals surface area contributed by atoms with Gasteiger partial charge in [-0.15, -0.1) is 0 Å². The maximum Gasteiger partial charge on any atom is 0.120 e. The molecule has 4 aromatic carbocycles. The van der Waals surface area contributed by atoms with E-state index in [2.05, 4.69) is 12.1 Å². The Bertz CT molecular complexity index is 1010. The molecule has 2 nitrogen and oxygen atoms in total. The topological polar surface area (TPSA) is 29.5 Å². The van der Waals surface area contributed by atoms with Crippen LogP contribution in [0.2, 0.25) is 0 Å². The van der Waals surface area contributed by atoms with E-state index in [4.69, 9.17) is 4.74 Å². The Kier molecular flexibility index (Phi) is 4.67. The molecule has 0 fully saturated rings. The van der Waals surface area contributed by atoms with Crippen LogP contribution in [0, 0.1) is 0 Å². The first-order valence-electron chi connectivity index (χ1n) is 8.73. The summed E-state index contributed by atoms with van der Waals surface area (Å²) in [7, 11) is 0. The summed E-state index contributed by atoms with van der Waals surface area (Å²) < 4.78 is 5.88. The molecule has 128 valence electrons. The molecule has 0 saturated heterocycles. The zero-order chi connectivity index (χ0) is 17.8. The molecule has 0 aliphatic carbocycles. The van der Waals surface area contributed by atoms with Crippen molar-refractivity contribution in [2.75, 3.05) is 0 Å². The van der Waals surface area contributed by atoms with Crippen molar-refractivity contribution < 1.29 is 9.84 Å². The number of ether oxygens (including phenoxy) is 1. The van der Waals surface area contributed by atoms with Gasteiger partial charge in [-0.05, 0) is 45.7 Å². The second-order valence-corrected chi connectivity index (χ2v) is 6.36. The average molecular weight is 340 g/mol. The lowest BCUT2D eigenvalue weighted by Crippen LogP contribution is -2.01. The van der Waals surface area contributed by atoms with Crippen molar-refractivity contribution in [3.05, 3.63) is 114 Å². The summed E-state index contributed by atoms with van der Waals surface area (Å²) in [6.07, 6.45) is -0.681. The fourth-order valence-electron chi connectivity index (χ4n) is 3.09. The zero-order valence-corrected chi connectivity index (χ0v) is 14.4. The maximum absolute atomic E-state index is 10.8. The normalized spacial score (nSPS) is 12.0. The van der Waals surface area contributed by atoms with Crippen molar-refractivity contribution in [1.29, 1.82) is 0 Å². The van der Waals surface area contributed by atoms with Crippen LogP contribution in [-0.4, -0.2) is 5.11 Å². The van der Waals surface area contributed by atoms with E-state index >= 15 is 0 Å². The van der Waals surface area contributed by atoms with Crippen molar-refractivity contribution in [2.45, 2.75) is 12.7 Å². The highest BCUT2D eigenvalue weighted by Gasteiger charge is 2.12. The Hall–Kier alpha value is -3.10. The smallest absolute Gasteiger partial charge is 0.120 e. The Morgan fingerprint density at radius 3 is 2.23 bits per heavy atom. The molecule has 0 bridgehead atoms. The van der Waals surface area contributed by atoms with Gasteiger partial charge in [0.2, 0.25) is 0 Å². The van der Waals surface area contributed by atoms with E-state index in [1.807, 2.05) is 84.9 Å². The minimum absolute atomic E-state index is 0.510. The summed E-state index contributed by atoms with van der Waals surface area (Å²) in [5.41, 5.74) is 2.82. The Labute approximate surface area is 153 Å². The Balaban J connectivity index is 1.54. The summed E-state index contributed by atoms with van der Waals surface area (Å²) in [5, 5.41) is 13.1. The Morgan fingerprint density at radius 1 is 0.654 bits per heavy atom. The van der Waals surface area contributed by atoms with Gasteiger partial charge in [0.25, 0.3) is 0 Å². The van der Waals surface area contributed by atoms with Crippen LogP contribution in [0.1, 0.15) is 22.8 Å². The molecule has 2 heteroatoms. The third kappa shape index (κ3) is 3.61. The van der Waals surface area contributed by atoms with Crippen LogP contribution >= 0.6 is 0 Å². The van der Waals surface area contributed by atoms with Crippen molar-refractivity contribution in [2.24, 2.45) is 0 Å². The van der Waals surface area contributed by atoms with Gasteiger partial charge in [-0.2, -0.15) is 0 Å². The fourth-order valence-corrected chi connectivity index (χ4v) is 3.09. The largest absolute Gasteiger partial charge is 0.489 e. The van der Waals surface area contributed by atoms with Crippen LogP contribution in [0.5, 0.6) is 5.75 Å². The van der Waals surface area contributed by atoms with Crippen LogP contribution in [0.3, 0.4) is 0 Å². The monoisotopic (exact) mass is 340 g/mol. The van der Waals surface area contributed by atoms with Gasteiger partial charge in [0, 0.05) is 0 Å². The minimum atomic E-state index is -0.681.